The van der Waals surface area contributed by atoms with Crippen LogP contribution in [0, 0.1) is 11.3 Å². The zero-order valence-corrected chi connectivity index (χ0v) is 23.1. The van der Waals surface area contributed by atoms with Gasteiger partial charge in [-0.15, -0.1) is 0 Å². The standard InChI is InChI=1S/C25H36F11N3S/c1-3-8-23(9-11-37-22(24(26,27)28)25(29,30)31)10-14-38(17-23)16-19-4-5-20(40(32,33,34,35)36)15-21(19)39-12-6-18(2)7-13-39/h4-5,15,18,22,37H,3,6-14,16-17H2,1-2H3. The van der Waals surface area contributed by atoms with Gasteiger partial charge >= 0.3 is 22.6 Å². The minimum Gasteiger partial charge on any atom is -0.371 e. The lowest BCUT2D eigenvalue weighted by molar-refractivity contribution is -0.258. The molecule has 1 N–H and O–H groups in total. The van der Waals surface area contributed by atoms with Crippen molar-refractivity contribution in [2.75, 3.05) is 37.6 Å². The third-order valence-corrected chi connectivity index (χ3v) is 9.12. The van der Waals surface area contributed by atoms with E-state index in [-0.39, 0.29) is 18.7 Å². The highest BCUT2D eigenvalue weighted by molar-refractivity contribution is 8.45. The lowest BCUT2D eigenvalue weighted by Gasteiger charge is -2.42. The maximum atomic E-state index is 13.6. The lowest BCUT2D eigenvalue weighted by Crippen LogP contribution is -2.53. The van der Waals surface area contributed by atoms with E-state index in [1.807, 2.05) is 18.7 Å². The van der Waals surface area contributed by atoms with Gasteiger partial charge in [0.1, 0.15) is 4.90 Å². The highest BCUT2D eigenvalue weighted by Gasteiger charge is 2.65. The van der Waals surface area contributed by atoms with Crippen LogP contribution in [0.15, 0.2) is 23.1 Å². The summed E-state index contributed by atoms with van der Waals surface area (Å²) in [4.78, 5) is 1.59. The first-order valence-corrected chi connectivity index (χ1v) is 15.2. The van der Waals surface area contributed by atoms with Crippen LogP contribution in [0.25, 0.3) is 0 Å². The van der Waals surface area contributed by atoms with E-state index in [4.69, 9.17) is 0 Å². The molecule has 1 unspecified atom stereocenters. The summed E-state index contributed by atoms with van der Waals surface area (Å²) in [5.74, 6) is 0.342. The van der Waals surface area contributed by atoms with Gasteiger partial charge in [-0.25, -0.2) is 0 Å². The van der Waals surface area contributed by atoms with E-state index in [0.29, 0.717) is 81.9 Å². The van der Waals surface area contributed by atoms with E-state index in [1.54, 1.807) is 10.2 Å². The average Bonchev–Trinajstić information content (AvgIpc) is 3.17. The predicted molar refractivity (Wildman–Crippen MR) is 134 cm³/mol. The monoisotopic (exact) mass is 619 g/mol. The molecule has 15 heteroatoms. The van der Waals surface area contributed by atoms with Crippen molar-refractivity contribution in [3.8, 4) is 0 Å². The third-order valence-electron chi connectivity index (χ3n) is 7.98. The Morgan fingerprint density at radius 2 is 1.55 bits per heavy atom. The number of piperidine rings is 1. The van der Waals surface area contributed by atoms with Crippen LogP contribution in [-0.2, 0) is 6.54 Å². The van der Waals surface area contributed by atoms with Crippen molar-refractivity contribution >= 4 is 15.9 Å². The summed E-state index contributed by atoms with van der Waals surface area (Å²) in [5, 5.41) is 1.61. The van der Waals surface area contributed by atoms with E-state index < -0.39 is 45.5 Å². The summed E-state index contributed by atoms with van der Waals surface area (Å²) in [6.45, 7) is 4.99. The molecule has 1 aromatic rings. The Bertz CT molecular complexity index is 1000. The number of likely N-dealkylation sites (tertiary alicyclic amines) is 1. The van der Waals surface area contributed by atoms with Gasteiger partial charge in [-0.2, -0.15) is 26.3 Å². The molecule has 2 fully saturated rings. The molecule has 40 heavy (non-hydrogen) atoms. The topological polar surface area (TPSA) is 18.5 Å². The highest BCUT2D eigenvalue weighted by Crippen LogP contribution is 3.02. The first-order valence-electron chi connectivity index (χ1n) is 13.2. The van der Waals surface area contributed by atoms with Gasteiger partial charge in [-0.1, -0.05) is 45.8 Å². The number of halogens is 11. The Morgan fingerprint density at radius 3 is 2.08 bits per heavy atom. The van der Waals surface area contributed by atoms with E-state index in [0.717, 1.165) is 6.07 Å². The summed E-state index contributed by atoms with van der Waals surface area (Å²) in [5.41, 5.74) is -0.0983. The molecule has 0 aliphatic carbocycles. The predicted octanol–water partition coefficient (Wildman–Crippen LogP) is 9.05. The zero-order chi connectivity index (χ0) is 30.3. The minimum absolute atomic E-state index is 0.0417. The Morgan fingerprint density at radius 1 is 0.950 bits per heavy atom. The van der Waals surface area contributed by atoms with Crippen LogP contribution in [0.3, 0.4) is 0 Å². The van der Waals surface area contributed by atoms with E-state index >= 15 is 0 Å². The van der Waals surface area contributed by atoms with Crippen molar-refractivity contribution in [1.82, 2.24) is 10.2 Å². The molecule has 3 rings (SSSR count). The molecule has 2 aliphatic heterocycles. The third kappa shape index (κ3) is 8.52. The molecule has 3 nitrogen and oxygen atoms in total. The van der Waals surface area contributed by atoms with Crippen LogP contribution in [-0.4, -0.2) is 56.0 Å². The Hall–Kier alpha value is -1.48. The second kappa shape index (κ2) is 10.7. The van der Waals surface area contributed by atoms with Crippen LogP contribution >= 0.6 is 10.2 Å². The van der Waals surface area contributed by atoms with Crippen molar-refractivity contribution in [1.29, 1.82) is 0 Å². The molecule has 1 atom stereocenters. The molecule has 2 saturated heterocycles. The van der Waals surface area contributed by atoms with Crippen LogP contribution in [0.5, 0.6) is 0 Å². The zero-order valence-electron chi connectivity index (χ0n) is 22.3. The van der Waals surface area contributed by atoms with Crippen molar-refractivity contribution in [2.24, 2.45) is 11.3 Å². The normalized spacial score (nSPS) is 24.0. The Kier molecular flexibility index (Phi) is 8.80. The number of benzene rings is 1. The van der Waals surface area contributed by atoms with Crippen molar-refractivity contribution in [2.45, 2.75) is 82.2 Å². The molecule has 234 valence electrons. The molecule has 0 radical (unpaired) electrons. The number of hydrogen-bond donors (Lipinski definition) is 1. The largest absolute Gasteiger partial charge is 0.412 e. The number of alkyl halides is 6. The number of rotatable bonds is 10. The molecule has 1 aromatic carbocycles. The van der Waals surface area contributed by atoms with Gasteiger partial charge in [0.05, 0.1) is 0 Å². The van der Waals surface area contributed by atoms with Gasteiger partial charge in [-0.05, 0) is 74.2 Å². The van der Waals surface area contributed by atoms with E-state index in [2.05, 4.69) is 0 Å². The highest BCUT2D eigenvalue weighted by atomic mass is 32.5. The van der Waals surface area contributed by atoms with Gasteiger partial charge < -0.3 is 4.90 Å². The van der Waals surface area contributed by atoms with Gasteiger partial charge in [-0.3, -0.25) is 10.2 Å². The second-order valence-corrected chi connectivity index (χ2v) is 13.8. The number of anilines is 1. The van der Waals surface area contributed by atoms with Gasteiger partial charge in [0.25, 0.3) is 0 Å². The SMILES string of the molecule is CCCC1(CCNC(C(F)(F)F)C(F)(F)F)CCN(Cc2ccc(S(F)(F)(F)(F)F)cc2N2CCC(C)CC2)C1. The molecule has 2 heterocycles. The van der Waals surface area contributed by atoms with Gasteiger partial charge in [0, 0.05) is 31.9 Å². The number of nitrogens with zero attached hydrogens (tertiary/aromatic N) is 2. The number of nitrogens with one attached hydrogen (secondary N) is 1. The van der Waals surface area contributed by atoms with Gasteiger partial charge in [0.2, 0.25) is 6.04 Å². The molecule has 2 aliphatic rings. The Labute approximate surface area is 227 Å². The van der Waals surface area contributed by atoms with Crippen LogP contribution in [0.2, 0.25) is 0 Å². The molecule has 0 spiro atoms. The smallest absolute Gasteiger partial charge is 0.371 e. The van der Waals surface area contributed by atoms with Crippen LogP contribution < -0.4 is 10.2 Å². The second-order valence-electron chi connectivity index (χ2n) is 11.4. The van der Waals surface area contributed by atoms with E-state index in [1.165, 1.54) is 0 Å². The maximum absolute atomic E-state index is 13.6. The average molecular weight is 620 g/mol. The molecular weight excluding hydrogens is 583 g/mol. The summed E-state index contributed by atoms with van der Waals surface area (Å²) in [6, 6.07) is -1.68. The fraction of sp³-hybridized carbons (Fsp3) is 0.760. The first-order chi connectivity index (χ1) is 18.0. The first kappa shape index (κ1) is 33.0. The Balaban J connectivity index is 1.79. The molecule has 0 aromatic heterocycles. The van der Waals surface area contributed by atoms with Gasteiger partial charge in [0.15, 0.2) is 0 Å². The van der Waals surface area contributed by atoms with Crippen molar-refractivity contribution in [3.63, 3.8) is 0 Å². The molecule has 0 saturated carbocycles. The maximum Gasteiger partial charge on any atom is 0.412 e. The number of hydrogen-bond acceptors (Lipinski definition) is 3. The van der Waals surface area contributed by atoms with Crippen LogP contribution in [0.1, 0.15) is 57.9 Å². The summed E-state index contributed by atoms with van der Waals surface area (Å²) in [7, 11) is -9.92. The molecule has 0 bridgehead atoms. The van der Waals surface area contributed by atoms with Crippen molar-refractivity contribution < 1.29 is 45.8 Å². The lowest BCUT2D eigenvalue weighted by atomic mass is 9.79. The quantitative estimate of drug-likeness (QED) is 0.264. The molecular formula is C25H36F11N3S. The summed E-state index contributed by atoms with van der Waals surface area (Å²) >= 11 is 0. The van der Waals surface area contributed by atoms with Crippen LogP contribution in [0.4, 0.5) is 51.5 Å². The fourth-order valence-electron chi connectivity index (χ4n) is 5.83. The summed E-state index contributed by atoms with van der Waals surface area (Å²) < 4.78 is 146. The van der Waals surface area contributed by atoms with Crippen molar-refractivity contribution in [3.05, 3.63) is 23.8 Å². The minimum atomic E-state index is -9.92. The molecule has 0 amide bonds. The summed E-state index contributed by atoms with van der Waals surface area (Å²) in [6.07, 6.45) is -7.94. The van der Waals surface area contributed by atoms with E-state index in [9.17, 15) is 45.8 Å². The fourth-order valence-corrected chi connectivity index (χ4v) is 6.49.